The maximum Gasteiger partial charge on any atom is 0.339 e. The van der Waals surface area contributed by atoms with Crippen molar-refractivity contribution >= 4 is 47.0 Å². The normalized spacial score (nSPS) is 10.9. The predicted octanol–water partition coefficient (Wildman–Crippen LogP) is 7.30. The van der Waals surface area contributed by atoms with Gasteiger partial charge >= 0.3 is 11.9 Å². The number of thiophene rings is 1. The van der Waals surface area contributed by atoms with Crippen LogP contribution in [0.4, 0.5) is 0 Å². The molecule has 1 heterocycles. The van der Waals surface area contributed by atoms with Crippen LogP contribution in [0.3, 0.4) is 0 Å². The number of carboxylic acid groups (broad SMARTS) is 2. The highest BCUT2D eigenvalue weighted by Gasteiger charge is 2.27. The first-order valence-corrected chi connectivity index (χ1v) is 15.5. The molecule has 0 saturated heterocycles. The van der Waals surface area contributed by atoms with E-state index in [-0.39, 0.29) is 39.5 Å². The number of methoxy groups -OCH3 is 2. The Hall–Kier alpha value is -5.88. The third-order valence-electron chi connectivity index (χ3n) is 7.63. The van der Waals surface area contributed by atoms with E-state index in [4.69, 9.17) is 9.47 Å². The van der Waals surface area contributed by atoms with Gasteiger partial charge in [0.25, 0.3) is 0 Å². The van der Waals surface area contributed by atoms with Crippen LogP contribution in [0.25, 0.3) is 12.2 Å². The van der Waals surface area contributed by atoms with Gasteiger partial charge in [-0.15, -0.1) is 11.3 Å². The molecule has 49 heavy (non-hydrogen) atoms. The Balaban J connectivity index is 0.000000266. The van der Waals surface area contributed by atoms with E-state index in [1.807, 2.05) is 18.4 Å². The Bertz CT molecular complexity index is 2020. The van der Waals surface area contributed by atoms with Crippen LogP contribution in [-0.2, 0) is 0 Å². The lowest BCUT2D eigenvalue weighted by atomic mass is 9.93. The number of benzene rings is 3. The molecule has 11 nitrogen and oxygen atoms in total. The second-order valence-electron chi connectivity index (χ2n) is 10.9. The molecule has 256 valence electrons. The number of aryl methyl sites for hydroxylation is 2. The summed E-state index contributed by atoms with van der Waals surface area (Å²) in [6.45, 7) is 8.47. The third kappa shape index (κ3) is 8.35. The lowest BCUT2D eigenvalue weighted by molar-refractivity contribution is 0.0682. The third-order valence-corrected chi connectivity index (χ3v) is 8.64. The fourth-order valence-electron chi connectivity index (χ4n) is 5.20. The van der Waals surface area contributed by atoms with Gasteiger partial charge in [-0.05, 0) is 111 Å². The summed E-state index contributed by atoms with van der Waals surface area (Å²) < 4.78 is 10.3. The monoisotopic (exact) mass is 688 g/mol. The van der Waals surface area contributed by atoms with Gasteiger partial charge in [-0.3, -0.25) is 9.59 Å². The molecule has 0 amide bonds. The van der Waals surface area contributed by atoms with Gasteiger partial charge in [-0.25, -0.2) is 9.59 Å². The van der Waals surface area contributed by atoms with Crippen molar-refractivity contribution in [2.75, 3.05) is 14.2 Å². The van der Waals surface area contributed by atoms with Gasteiger partial charge in [0.1, 0.15) is 22.8 Å². The van der Waals surface area contributed by atoms with Gasteiger partial charge in [0.15, 0.2) is 23.1 Å². The minimum Gasteiger partial charge on any atom is -0.508 e. The van der Waals surface area contributed by atoms with Crippen LogP contribution >= 0.6 is 11.3 Å². The van der Waals surface area contributed by atoms with Crippen LogP contribution in [0, 0.1) is 34.6 Å². The van der Waals surface area contributed by atoms with Crippen LogP contribution in [0.1, 0.15) is 79.7 Å². The Morgan fingerprint density at radius 2 is 1.29 bits per heavy atom. The summed E-state index contributed by atoms with van der Waals surface area (Å²) in [6, 6.07) is 7.27. The lowest BCUT2D eigenvalue weighted by Gasteiger charge is -2.16. The van der Waals surface area contributed by atoms with Crippen molar-refractivity contribution in [2.45, 2.75) is 34.6 Å². The first-order chi connectivity index (χ1) is 23.0. The van der Waals surface area contributed by atoms with Crippen LogP contribution in [-0.4, -0.2) is 63.3 Å². The molecular weight excluding hydrogens is 652 g/mol. The van der Waals surface area contributed by atoms with Crippen molar-refractivity contribution in [1.29, 1.82) is 0 Å². The molecule has 4 aromatic rings. The molecule has 0 aliphatic rings. The van der Waals surface area contributed by atoms with Gasteiger partial charge in [0.05, 0.1) is 30.9 Å². The summed E-state index contributed by atoms with van der Waals surface area (Å²) in [7, 11) is 2.68. The number of hydrogen-bond donors (Lipinski definition) is 5. The van der Waals surface area contributed by atoms with E-state index in [0.29, 0.717) is 33.6 Å². The molecule has 0 radical (unpaired) electrons. The zero-order chi connectivity index (χ0) is 36.7. The van der Waals surface area contributed by atoms with E-state index in [9.17, 15) is 44.7 Å². The number of rotatable bonds is 10. The second kappa shape index (κ2) is 15.8. The molecule has 0 fully saturated rings. The number of carbonyl (C=O) groups is 4. The highest BCUT2D eigenvalue weighted by atomic mass is 32.1. The molecule has 0 atom stereocenters. The number of ketones is 2. The minimum atomic E-state index is -1.22. The number of phenolic OH excluding ortho intramolecular Hbond substituents is 3. The van der Waals surface area contributed by atoms with Crippen molar-refractivity contribution in [3.05, 3.63) is 108 Å². The molecule has 0 spiro atoms. The maximum atomic E-state index is 12.5. The van der Waals surface area contributed by atoms with Crippen molar-refractivity contribution < 1.29 is 54.2 Å². The van der Waals surface area contributed by atoms with Crippen molar-refractivity contribution in [2.24, 2.45) is 0 Å². The van der Waals surface area contributed by atoms with E-state index in [0.717, 1.165) is 16.5 Å². The number of carbonyl (C=O) groups excluding carboxylic acids is 2. The molecule has 0 aliphatic carbocycles. The van der Waals surface area contributed by atoms with Crippen LogP contribution < -0.4 is 9.47 Å². The maximum absolute atomic E-state index is 12.5. The smallest absolute Gasteiger partial charge is 0.339 e. The molecular formula is C37H36O11S. The molecule has 0 unspecified atom stereocenters. The average Bonchev–Trinajstić information content (AvgIpc) is 3.45. The summed E-state index contributed by atoms with van der Waals surface area (Å²) in [6.07, 6.45) is 5.79. The molecule has 4 rings (SSSR count). The highest BCUT2D eigenvalue weighted by molar-refractivity contribution is 7.11. The summed E-state index contributed by atoms with van der Waals surface area (Å²) in [5.41, 5.74) is 3.60. The fraction of sp³-hybridized carbons (Fsp3) is 0.189. The summed E-state index contributed by atoms with van der Waals surface area (Å²) >= 11 is 1.51. The van der Waals surface area contributed by atoms with E-state index in [2.05, 4.69) is 0 Å². The summed E-state index contributed by atoms with van der Waals surface area (Å²) in [4.78, 5) is 48.4. The van der Waals surface area contributed by atoms with Crippen molar-refractivity contribution in [1.82, 2.24) is 0 Å². The molecule has 12 heteroatoms. The van der Waals surface area contributed by atoms with E-state index < -0.39 is 29.3 Å². The van der Waals surface area contributed by atoms with Crippen LogP contribution in [0.15, 0.2) is 47.9 Å². The number of allylic oxidation sites excluding steroid dienone is 2. The molecule has 0 saturated carbocycles. The second-order valence-corrected chi connectivity index (χ2v) is 11.9. The average molecular weight is 689 g/mol. The van der Waals surface area contributed by atoms with Gasteiger partial charge in [-0.2, -0.15) is 0 Å². The first-order valence-electron chi connectivity index (χ1n) is 14.6. The fourth-order valence-corrected chi connectivity index (χ4v) is 5.99. The topological polar surface area (TPSA) is 188 Å². The molecule has 3 aromatic carbocycles. The highest BCUT2D eigenvalue weighted by Crippen LogP contribution is 2.39. The Labute approximate surface area is 286 Å². The van der Waals surface area contributed by atoms with Gasteiger partial charge in [-0.1, -0.05) is 0 Å². The van der Waals surface area contributed by atoms with E-state index >= 15 is 0 Å². The van der Waals surface area contributed by atoms with E-state index in [1.165, 1.54) is 55.9 Å². The van der Waals surface area contributed by atoms with E-state index in [1.54, 1.807) is 39.8 Å². The summed E-state index contributed by atoms with van der Waals surface area (Å²) in [5, 5.41) is 50.0. The van der Waals surface area contributed by atoms with Gasteiger partial charge in [0.2, 0.25) is 0 Å². The number of aromatic hydroxyl groups is 3. The standard InChI is InChI=1S/C19H18O6.C18H18O5S/c1-10-8-12(18(25-3)11(2)17(10)19(23)24)4-7-15(21)14-6-5-13(20)9-16(14)22;1-9-7-12(24-8-9)5-6-13(19)14-10(2)11(3)15(18(21)22)17(23-4)16(14)20/h4-9,20,22H,1-3H3,(H,23,24);5-8,20H,1-4H3,(H,21,22). The number of hydrogen-bond acceptors (Lipinski definition) is 10. The van der Waals surface area contributed by atoms with Gasteiger partial charge in [0, 0.05) is 22.1 Å². The Kier molecular flexibility index (Phi) is 12.1. The SMILES string of the molecule is COc1c(C=CC(=O)c2ccc(O)cc2O)cc(C)c(C(=O)O)c1C.COc1c(O)c(C(=O)C=Cc2cc(C)cs2)c(C)c(C)c1C(=O)O. The summed E-state index contributed by atoms with van der Waals surface area (Å²) in [5.74, 6) is -3.89. The number of phenols is 3. The van der Waals surface area contributed by atoms with Gasteiger partial charge < -0.3 is 35.0 Å². The molecule has 1 aromatic heterocycles. The van der Waals surface area contributed by atoms with Crippen molar-refractivity contribution in [3.8, 4) is 28.7 Å². The molecule has 0 aliphatic heterocycles. The number of ether oxygens (including phenoxy) is 2. The van der Waals surface area contributed by atoms with Crippen LogP contribution in [0.2, 0.25) is 0 Å². The lowest BCUT2D eigenvalue weighted by Crippen LogP contribution is -2.10. The predicted molar refractivity (Wildman–Crippen MR) is 186 cm³/mol. The quantitative estimate of drug-likeness (QED) is 0.0831. The van der Waals surface area contributed by atoms with Crippen molar-refractivity contribution in [3.63, 3.8) is 0 Å². The number of carboxylic acids is 2. The number of aromatic carboxylic acids is 2. The minimum absolute atomic E-state index is 0.0450. The Morgan fingerprint density at radius 1 is 0.694 bits per heavy atom. The largest absolute Gasteiger partial charge is 0.508 e. The first kappa shape index (κ1) is 37.6. The molecule has 0 bridgehead atoms. The zero-order valence-electron chi connectivity index (χ0n) is 27.9. The molecule has 5 N–H and O–H groups in total. The Morgan fingerprint density at radius 3 is 1.82 bits per heavy atom. The zero-order valence-corrected chi connectivity index (χ0v) is 28.7. The van der Waals surface area contributed by atoms with Crippen LogP contribution in [0.5, 0.6) is 28.7 Å².